The van der Waals surface area contributed by atoms with Crippen LogP contribution in [0.25, 0.3) is 0 Å². The molecule has 4 heteroatoms. The first-order valence-corrected chi connectivity index (χ1v) is 13.1. The van der Waals surface area contributed by atoms with Crippen LogP contribution in [0, 0.1) is 0 Å². The minimum atomic E-state index is -2.85. The van der Waals surface area contributed by atoms with Gasteiger partial charge >= 0.3 is 0 Å². The van der Waals surface area contributed by atoms with Gasteiger partial charge in [-0.25, -0.2) is 0 Å². The van der Waals surface area contributed by atoms with Crippen LogP contribution in [0.4, 0.5) is 0 Å². The molecule has 0 aromatic heterocycles. The van der Waals surface area contributed by atoms with E-state index in [2.05, 4.69) is 21.0 Å². The summed E-state index contributed by atoms with van der Waals surface area (Å²) in [6.07, 6.45) is 20.5. The predicted octanol–water partition coefficient (Wildman–Crippen LogP) is 5.27. The standard InChI is InChI=1S/C21H46NO2P/c1-4-5-6-7-8-9-10-11-12-13-14-15-16-17-20-25(23,24)21-18-19-22(2)3/h4-21H2,1-3H3,(H,23,24)/p+1. The Hall–Kier alpha value is 0.150. The summed E-state index contributed by atoms with van der Waals surface area (Å²) in [5.41, 5.74) is 0. The molecule has 0 aliphatic rings. The lowest BCUT2D eigenvalue weighted by molar-refractivity contribution is -0.858. The summed E-state index contributed by atoms with van der Waals surface area (Å²) in [6, 6.07) is 0. The third-order valence-electron chi connectivity index (χ3n) is 5.05. The van der Waals surface area contributed by atoms with Crippen molar-refractivity contribution in [3.8, 4) is 0 Å². The van der Waals surface area contributed by atoms with Gasteiger partial charge in [-0.15, -0.1) is 0 Å². The van der Waals surface area contributed by atoms with Crippen LogP contribution in [0.1, 0.15) is 103 Å². The first kappa shape index (κ1) is 25.1. The van der Waals surface area contributed by atoms with E-state index in [-0.39, 0.29) is 0 Å². The number of unbranched alkanes of at least 4 members (excludes halogenated alkanes) is 13. The maximum absolute atomic E-state index is 12.1. The molecule has 0 aromatic carbocycles. The Morgan fingerprint density at radius 3 is 1.40 bits per heavy atom. The molecule has 0 radical (unpaired) electrons. The zero-order valence-electron chi connectivity index (χ0n) is 17.5. The van der Waals surface area contributed by atoms with Gasteiger partial charge in [0, 0.05) is 18.7 Å². The second-order valence-electron chi connectivity index (χ2n) is 8.20. The molecule has 3 nitrogen and oxygen atoms in total. The van der Waals surface area contributed by atoms with Crippen LogP contribution < -0.4 is 4.90 Å². The van der Waals surface area contributed by atoms with E-state index in [0.29, 0.717) is 12.3 Å². The molecular weight excluding hydrogens is 329 g/mol. The summed E-state index contributed by atoms with van der Waals surface area (Å²) >= 11 is 0. The first-order chi connectivity index (χ1) is 12.0. The third-order valence-corrected chi connectivity index (χ3v) is 7.08. The summed E-state index contributed by atoms with van der Waals surface area (Å²) in [6.45, 7) is 3.26. The van der Waals surface area contributed by atoms with Gasteiger partial charge in [-0.05, 0) is 6.42 Å². The summed E-state index contributed by atoms with van der Waals surface area (Å²) in [4.78, 5) is 11.3. The van der Waals surface area contributed by atoms with Gasteiger partial charge in [0.1, 0.15) is 0 Å². The molecule has 0 saturated heterocycles. The molecule has 0 heterocycles. The van der Waals surface area contributed by atoms with Crippen molar-refractivity contribution in [3.63, 3.8) is 0 Å². The van der Waals surface area contributed by atoms with Crippen molar-refractivity contribution in [2.24, 2.45) is 0 Å². The van der Waals surface area contributed by atoms with Crippen LogP contribution in [0.5, 0.6) is 0 Å². The van der Waals surface area contributed by atoms with Crippen molar-refractivity contribution >= 4 is 7.37 Å². The Morgan fingerprint density at radius 2 is 1.00 bits per heavy atom. The minimum Gasteiger partial charge on any atom is -0.344 e. The highest BCUT2D eigenvalue weighted by Crippen LogP contribution is 2.41. The quantitative estimate of drug-likeness (QED) is 0.238. The monoisotopic (exact) mass is 376 g/mol. The Morgan fingerprint density at radius 1 is 0.640 bits per heavy atom. The van der Waals surface area contributed by atoms with Gasteiger partial charge in [-0.1, -0.05) is 90.4 Å². The maximum atomic E-state index is 12.1. The zero-order chi connectivity index (χ0) is 18.8. The van der Waals surface area contributed by atoms with E-state index in [1.165, 1.54) is 81.9 Å². The highest BCUT2D eigenvalue weighted by molar-refractivity contribution is 7.57. The van der Waals surface area contributed by atoms with Gasteiger partial charge in [-0.3, -0.25) is 4.57 Å². The molecule has 1 atom stereocenters. The lowest BCUT2D eigenvalue weighted by atomic mass is 10.0. The molecule has 0 aliphatic heterocycles. The second-order valence-corrected chi connectivity index (χ2v) is 10.8. The minimum absolute atomic E-state index is 0.511. The summed E-state index contributed by atoms with van der Waals surface area (Å²) in [5.74, 6) is 0. The van der Waals surface area contributed by atoms with Crippen LogP contribution >= 0.6 is 7.37 Å². The van der Waals surface area contributed by atoms with Crippen molar-refractivity contribution < 1.29 is 14.4 Å². The van der Waals surface area contributed by atoms with E-state index in [0.717, 1.165) is 25.8 Å². The van der Waals surface area contributed by atoms with Crippen LogP contribution in [-0.2, 0) is 4.57 Å². The molecule has 1 unspecified atom stereocenters. The van der Waals surface area contributed by atoms with Gasteiger partial charge in [-0.2, -0.15) is 0 Å². The lowest BCUT2D eigenvalue weighted by Gasteiger charge is -2.12. The normalized spacial score (nSPS) is 14.1. The number of nitrogens with one attached hydrogen (secondary N) is 1. The van der Waals surface area contributed by atoms with E-state index >= 15 is 0 Å². The molecule has 0 aliphatic carbocycles. The van der Waals surface area contributed by atoms with Crippen molar-refractivity contribution in [1.82, 2.24) is 0 Å². The average molecular weight is 377 g/mol. The SMILES string of the molecule is CCCCCCCCCCCCCCCCP(=O)(O)CCC[NH+](C)C. The van der Waals surface area contributed by atoms with Crippen LogP contribution in [0.15, 0.2) is 0 Å². The summed E-state index contributed by atoms with van der Waals surface area (Å²) in [5, 5.41) is 0. The van der Waals surface area contributed by atoms with E-state index in [1.54, 1.807) is 0 Å². The average Bonchev–Trinajstić information content (AvgIpc) is 2.54. The van der Waals surface area contributed by atoms with E-state index < -0.39 is 7.37 Å². The summed E-state index contributed by atoms with van der Waals surface area (Å²) < 4.78 is 12.1. The second kappa shape index (κ2) is 17.6. The van der Waals surface area contributed by atoms with E-state index in [4.69, 9.17) is 0 Å². The molecule has 0 saturated carbocycles. The molecule has 0 fully saturated rings. The molecule has 0 aromatic rings. The van der Waals surface area contributed by atoms with Crippen LogP contribution in [0.3, 0.4) is 0 Å². The highest BCUT2D eigenvalue weighted by atomic mass is 31.2. The number of hydrogen-bond donors (Lipinski definition) is 2. The molecule has 0 rings (SSSR count). The predicted molar refractivity (Wildman–Crippen MR) is 112 cm³/mol. The van der Waals surface area contributed by atoms with Crippen molar-refractivity contribution in [3.05, 3.63) is 0 Å². The topological polar surface area (TPSA) is 41.7 Å². The number of quaternary nitrogens is 1. The summed E-state index contributed by atoms with van der Waals surface area (Å²) in [7, 11) is 1.34. The number of hydrogen-bond acceptors (Lipinski definition) is 1. The third kappa shape index (κ3) is 20.3. The highest BCUT2D eigenvalue weighted by Gasteiger charge is 2.17. The molecule has 0 spiro atoms. The fourth-order valence-electron chi connectivity index (χ4n) is 3.34. The molecular formula is C21H47NO2P+. The van der Waals surface area contributed by atoms with Crippen LogP contribution in [0.2, 0.25) is 0 Å². The van der Waals surface area contributed by atoms with Gasteiger partial charge < -0.3 is 9.79 Å². The number of rotatable bonds is 19. The smallest absolute Gasteiger partial charge is 0.200 e. The molecule has 0 amide bonds. The fourth-order valence-corrected chi connectivity index (χ4v) is 4.94. The molecule has 0 bridgehead atoms. The molecule has 2 N–H and O–H groups in total. The largest absolute Gasteiger partial charge is 0.344 e. The van der Waals surface area contributed by atoms with E-state index in [1.807, 2.05) is 0 Å². The Labute approximate surface area is 158 Å². The van der Waals surface area contributed by atoms with Crippen LogP contribution in [-0.4, -0.2) is 37.9 Å². The van der Waals surface area contributed by atoms with E-state index in [9.17, 15) is 9.46 Å². The lowest BCUT2D eigenvalue weighted by Crippen LogP contribution is -3.05. The van der Waals surface area contributed by atoms with Gasteiger partial charge in [0.05, 0.1) is 20.6 Å². The van der Waals surface area contributed by atoms with Gasteiger partial charge in [0.15, 0.2) is 0 Å². The molecule has 152 valence electrons. The zero-order valence-corrected chi connectivity index (χ0v) is 18.4. The Kier molecular flexibility index (Phi) is 17.7. The van der Waals surface area contributed by atoms with Gasteiger partial charge in [0.25, 0.3) is 0 Å². The van der Waals surface area contributed by atoms with Crippen molar-refractivity contribution in [1.29, 1.82) is 0 Å². The van der Waals surface area contributed by atoms with Crippen molar-refractivity contribution in [2.75, 3.05) is 33.0 Å². The maximum Gasteiger partial charge on any atom is 0.200 e. The van der Waals surface area contributed by atoms with Crippen molar-refractivity contribution in [2.45, 2.75) is 103 Å². The van der Waals surface area contributed by atoms with Gasteiger partial charge in [0.2, 0.25) is 7.37 Å². The Bertz CT molecular complexity index is 321. The first-order valence-electron chi connectivity index (χ1n) is 11.1. The molecule has 25 heavy (non-hydrogen) atoms. The fraction of sp³-hybridized carbons (Fsp3) is 1.00. The Balaban J connectivity index is 3.26.